The Balaban J connectivity index is 2.60. The van der Waals surface area contributed by atoms with Crippen LogP contribution in [0.2, 0.25) is 0 Å². The van der Waals surface area contributed by atoms with E-state index in [0.29, 0.717) is 11.7 Å². The van der Waals surface area contributed by atoms with Gasteiger partial charge in [0.2, 0.25) is 0 Å². The summed E-state index contributed by atoms with van der Waals surface area (Å²) in [6.45, 7) is 0. The van der Waals surface area contributed by atoms with Crippen molar-refractivity contribution in [3.63, 3.8) is 0 Å². The van der Waals surface area contributed by atoms with Crippen LogP contribution in [-0.4, -0.2) is 25.0 Å². The minimum atomic E-state index is -0.322. The van der Waals surface area contributed by atoms with Crippen LogP contribution >= 0.6 is 0 Å². The normalized spacial score (nSPS) is 11.4. The standard InChI is InChI=1S/C9H12N2O/c1-11(2)9(12)10-8-6-4-3-5-7-8/h3-7H,1-2H3,(H,10,12)/i1D,3D. The summed E-state index contributed by atoms with van der Waals surface area (Å²) in [5.41, 5.74) is 0.631. The van der Waals surface area contributed by atoms with Crippen molar-refractivity contribution in [3.05, 3.63) is 30.3 Å². The minimum absolute atomic E-state index is 0.0810. The highest BCUT2D eigenvalue weighted by Crippen LogP contribution is 2.04. The van der Waals surface area contributed by atoms with Gasteiger partial charge in [0.25, 0.3) is 0 Å². The Hall–Kier alpha value is -1.51. The Morgan fingerprint density at radius 1 is 1.67 bits per heavy atom. The summed E-state index contributed by atoms with van der Waals surface area (Å²) in [7, 11) is 1.46. The van der Waals surface area contributed by atoms with Gasteiger partial charge >= 0.3 is 6.03 Å². The van der Waals surface area contributed by atoms with Crippen LogP contribution in [0.25, 0.3) is 0 Å². The quantitative estimate of drug-likeness (QED) is 0.677. The molecule has 0 bridgehead atoms. The van der Waals surface area contributed by atoms with Crippen molar-refractivity contribution in [2.45, 2.75) is 0 Å². The molecule has 1 N–H and O–H groups in total. The molecule has 0 saturated heterocycles. The first-order chi connectivity index (χ1) is 6.63. The fraction of sp³-hybridized carbons (Fsp3) is 0.222. The third kappa shape index (κ3) is 2.27. The third-order valence-electron chi connectivity index (χ3n) is 1.32. The van der Waals surface area contributed by atoms with Crippen LogP contribution < -0.4 is 5.32 Å². The van der Waals surface area contributed by atoms with Gasteiger partial charge in [0.1, 0.15) is 0 Å². The fourth-order valence-electron chi connectivity index (χ4n) is 0.689. The molecule has 0 aliphatic heterocycles. The van der Waals surface area contributed by atoms with Crippen molar-refractivity contribution in [1.29, 1.82) is 0 Å². The number of carbonyl (C=O) groups is 1. The van der Waals surface area contributed by atoms with Crippen molar-refractivity contribution < 1.29 is 7.54 Å². The maximum Gasteiger partial charge on any atom is 0.321 e. The second-order valence-electron chi connectivity index (χ2n) is 2.42. The van der Waals surface area contributed by atoms with Gasteiger partial charge in [-0.1, -0.05) is 18.2 Å². The highest BCUT2D eigenvalue weighted by molar-refractivity contribution is 5.88. The van der Waals surface area contributed by atoms with E-state index in [0.717, 1.165) is 0 Å². The van der Waals surface area contributed by atoms with E-state index in [-0.39, 0.29) is 13.1 Å². The van der Waals surface area contributed by atoms with Gasteiger partial charge in [0, 0.05) is 21.1 Å². The van der Waals surface area contributed by atoms with Crippen molar-refractivity contribution in [2.24, 2.45) is 0 Å². The molecule has 3 heteroatoms. The molecule has 0 aliphatic rings. The van der Waals surface area contributed by atoms with Crippen molar-refractivity contribution in [3.8, 4) is 0 Å². The van der Waals surface area contributed by atoms with E-state index >= 15 is 0 Å². The number of nitrogens with zero attached hydrogens (tertiary/aromatic N) is 1. The number of para-hydroxylation sites is 1. The summed E-state index contributed by atoms with van der Waals surface area (Å²) in [6, 6.07) is 6.57. The van der Waals surface area contributed by atoms with Gasteiger partial charge in [-0.15, -0.1) is 0 Å². The molecule has 1 rings (SSSR count). The van der Waals surface area contributed by atoms with Crippen LogP contribution in [-0.2, 0) is 0 Å². The predicted octanol–water partition coefficient (Wildman–Crippen LogP) is 1.78. The number of anilines is 1. The Morgan fingerprint density at radius 3 is 2.92 bits per heavy atom. The van der Waals surface area contributed by atoms with Gasteiger partial charge in [-0.05, 0) is 12.1 Å². The predicted molar refractivity (Wildman–Crippen MR) is 49.1 cm³/mol. The van der Waals surface area contributed by atoms with E-state index in [1.165, 1.54) is 4.90 Å². The zero-order valence-electron chi connectivity index (χ0n) is 8.87. The van der Waals surface area contributed by atoms with Gasteiger partial charge < -0.3 is 10.2 Å². The van der Waals surface area contributed by atoms with E-state index in [1.807, 2.05) is 0 Å². The maximum absolute atomic E-state index is 11.3. The minimum Gasteiger partial charge on any atom is -0.331 e. The monoisotopic (exact) mass is 166 g/mol. The van der Waals surface area contributed by atoms with Crippen molar-refractivity contribution >= 4 is 11.7 Å². The summed E-state index contributed by atoms with van der Waals surface area (Å²) < 4.78 is 14.2. The first kappa shape index (κ1) is 6.06. The largest absolute Gasteiger partial charge is 0.331 e. The Labute approximate surface area is 74.8 Å². The van der Waals surface area contributed by atoms with Crippen LogP contribution in [0.3, 0.4) is 0 Å². The van der Waals surface area contributed by atoms with Gasteiger partial charge in [-0.3, -0.25) is 0 Å². The smallest absolute Gasteiger partial charge is 0.321 e. The lowest BCUT2D eigenvalue weighted by Crippen LogP contribution is -2.27. The van der Waals surface area contributed by atoms with Crippen molar-refractivity contribution in [2.75, 3.05) is 19.4 Å². The zero-order valence-corrected chi connectivity index (χ0v) is 6.87. The average molecular weight is 166 g/mol. The summed E-state index contributed by atoms with van der Waals surface area (Å²) >= 11 is 0. The molecular weight excluding hydrogens is 152 g/mol. The maximum atomic E-state index is 11.3. The highest BCUT2D eigenvalue weighted by atomic mass is 16.2. The lowest BCUT2D eigenvalue weighted by molar-refractivity contribution is 0.230. The number of rotatable bonds is 1. The lowest BCUT2D eigenvalue weighted by Gasteiger charge is -2.11. The summed E-state index contributed by atoms with van der Waals surface area (Å²) in [5, 5.41) is 2.60. The number of carbonyl (C=O) groups excluding carboxylic acids is 1. The van der Waals surface area contributed by atoms with Gasteiger partial charge in [-0.2, -0.15) is 0 Å². The van der Waals surface area contributed by atoms with Gasteiger partial charge in [0.15, 0.2) is 0 Å². The molecule has 0 fully saturated rings. The molecule has 0 aromatic heterocycles. The number of hydrogen-bond acceptors (Lipinski definition) is 1. The number of amides is 2. The molecule has 2 amide bonds. The third-order valence-corrected chi connectivity index (χ3v) is 1.32. The number of urea groups is 1. The highest BCUT2D eigenvalue weighted by Gasteiger charge is 2.01. The molecule has 0 saturated carbocycles. The number of nitrogens with one attached hydrogen (secondary N) is 1. The van der Waals surface area contributed by atoms with Crippen LogP contribution in [0.1, 0.15) is 2.74 Å². The van der Waals surface area contributed by atoms with E-state index in [1.54, 1.807) is 31.3 Å². The summed E-state index contributed by atoms with van der Waals surface area (Å²) in [4.78, 5) is 12.5. The first-order valence-corrected chi connectivity index (χ1v) is 3.51. The molecule has 1 aromatic carbocycles. The fourth-order valence-corrected chi connectivity index (χ4v) is 0.689. The van der Waals surface area contributed by atoms with E-state index in [2.05, 4.69) is 5.32 Å². The van der Waals surface area contributed by atoms with E-state index in [9.17, 15) is 4.79 Å². The molecule has 12 heavy (non-hydrogen) atoms. The second-order valence-corrected chi connectivity index (χ2v) is 2.42. The first-order valence-electron chi connectivity index (χ1n) is 4.72. The number of benzene rings is 1. The molecule has 3 nitrogen and oxygen atoms in total. The summed E-state index contributed by atoms with van der Waals surface area (Å²) in [6.07, 6.45) is 0. The second kappa shape index (κ2) is 3.76. The van der Waals surface area contributed by atoms with E-state index < -0.39 is 0 Å². The molecular formula is C9H12N2O. The van der Waals surface area contributed by atoms with Crippen LogP contribution in [0, 0.1) is 0 Å². The molecule has 0 unspecified atom stereocenters. The average Bonchev–Trinajstić information content (AvgIpc) is 2.20. The molecule has 64 valence electrons. The zero-order chi connectivity index (χ0) is 10.6. The number of hydrogen-bond donors (Lipinski definition) is 1. The molecule has 0 radical (unpaired) electrons. The molecule has 1 aromatic rings. The van der Waals surface area contributed by atoms with Gasteiger partial charge in [-0.25, -0.2) is 4.79 Å². The van der Waals surface area contributed by atoms with Crippen LogP contribution in [0.5, 0.6) is 0 Å². The van der Waals surface area contributed by atoms with Crippen LogP contribution in [0.4, 0.5) is 10.5 Å². The van der Waals surface area contributed by atoms with Gasteiger partial charge in [0.05, 0.1) is 1.37 Å². The SMILES string of the molecule is [2H]CN(C)C(=O)Nc1ccc([2H])cc1. The molecule has 0 atom stereocenters. The molecule has 0 aliphatic carbocycles. The Kier molecular flexibility index (Phi) is 1.90. The Morgan fingerprint density at radius 2 is 2.33 bits per heavy atom. The Bertz CT molecular complexity index is 313. The topological polar surface area (TPSA) is 32.3 Å². The van der Waals surface area contributed by atoms with Crippen molar-refractivity contribution in [1.82, 2.24) is 4.90 Å². The molecule has 0 spiro atoms. The summed E-state index contributed by atoms with van der Waals surface area (Å²) in [5.74, 6) is 0. The van der Waals surface area contributed by atoms with E-state index in [4.69, 9.17) is 2.74 Å². The molecule has 0 heterocycles. The lowest BCUT2D eigenvalue weighted by atomic mass is 10.3. The van der Waals surface area contributed by atoms with Crippen LogP contribution in [0.15, 0.2) is 30.3 Å².